The molecule has 1 heterocycles. The number of hydrogen-bond acceptors (Lipinski definition) is 2. The van der Waals surface area contributed by atoms with Crippen LogP contribution in [0, 0.1) is 0 Å². The van der Waals surface area contributed by atoms with Gasteiger partial charge in [0.2, 0.25) is 5.91 Å². The zero-order chi connectivity index (χ0) is 10.8. The molecule has 0 spiro atoms. The molecule has 0 aromatic heterocycles. The van der Waals surface area contributed by atoms with Crippen molar-refractivity contribution in [3.63, 3.8) is 0 Å². The minimum Gasteiger partial charge on any atom is -0.490 e. The van der Waals surface area contributed by atoms with Crippen molar-refractivity contribution in [3.8, 4) is 5.75 Å². The molecule has 3 heteroatoms. The smallest absolute Gasteiger partial charge is 0.221 e. The van der Waals surface area contributed by atoms with Gasteiger partial charge in [0, 0.05) is 12.6 Å². The maximum Gasteiger partial charge on any atom is 0.221 e. The second-order valence-electron chi connectivity index (χ2n) is 3.97. The van der Waals surface area contributed by atoms with Crippen LogP contribution < -0.4 is 10.1 Å². The van der Waals surface area contributed by atoms with Gasteiger partial charge >= 0.3 is 0 Å². The molecule has 1 aromatic carbocycles. The van der Waals surface area contributed by atoms with Crippen LogP contribution in [0.1, 0.15) is 25.8 Å². The molecule has 1 aliphatic heterocycles. The number of benzene rings is 1. The van der Waals surface area contributed by atoms with Gasteiger partial charge in [-0.05, 0) is 43.5 Å². The summed E-state index contributed by atoms with van der Waals surface area (Å²) in [5.41, 5.74) is 2.03. The summed E-state index contributed by atoms with van der Waals surface area (Å²) in [6.45, 7) is 3.59. The lowest BCUT2D eigenvalue weighted by atomic mass is 10.0. The van der Waals surface area contributed by atoms with Crippen LogP contribution in [0.2, 0.25) is 0 Å². The van der Waals surface area contributed by atoms with Crippen molar-refractivity contribution in [2.75, 3.05) is 5.32 Å². The van der Waals surface area contributed by atoms with Crippen molar-refractivity contribution in [2.45, 2.75) is 32.8 Å². The Morgan fingerprint density at radius 3 is 3.07 bits per heavy atom. The van der Waals surface area contributed by atoms with Crippen molar-refractivity contribution in [1.29, 1.82) is 0 Å². The molecule has 1 amide bonds. The summed E-state index contributed by atoms with van der Waals surface area (Å²) in [5, 5.41) is 2.77. The maximum absolute atomic E-state index is 10.9. The minimum atomic E-state index is -0.0416. The molecule has 0 saturated carbocycles. The zero-order valence-electron chi connectivity index (χ0n) is 9.04. The fourth-order valence-corrected chi connectivity index (χ4v) is 1.81. The van der Waals surface area contributed by atoms with Crippen LogP contribution in [0.3, 0.4) is 0 Å². The monoisotopic (exact) mass is 205 g/mol. The predicted molar refractivity (Wildman–Crippen MR) is 59.2 cm³/mol. The molecule has 3 nitrogen and oxygen atoms in total. The number of carbonyl (C=O) groups excluding carboxylic acids is 1. The van der Waals surface area contributed by atoms with Gasteiger partial charge in [-0.2, -0.15) is 0 Å². The Kier molecular flexibility index (Phi) is 2.62. The molecule has 0 aliphatic carbocycles. The number of amides is 1. The predicted octanol–water partition coefficient (Wildman–Crippen LogP) is 2.36. The summed E-state index contributed by atoms with van der Waals surface area (Å²) in [6, 6.07) is 5.79. The molecule has 0 fully saturated rings. The largest absolute Gasteiger partial charge is 0.490 e. The van der Waals surface area contributed by atoms with Gasteiger partial charge in [-0.1, -0.05) is 0 Å². The number of hydrogen-bond donors (Lipinski definition) is 1. The summed E-state index contributed by atoms with van der Waals surface area (Å²) in [6.07, 6.45) is 2.35. The van der Waals surface area contributed by atoms with E-state index in [0.717, 1.165) is 24.3 Å². The Morgan fingerprint density at radius 2 is 2.33 bits per heavy atom. The lowest BCUT2D eigenvalue weighted by Crippen LogP contribution is -2.19. The second-order valence-corrected chi connectivity index (χ2v) is 3.97. The van der Waals surface area contributed by atoms with Crippen LogP contribution in [0.15, 0.2) is 18.2 Å². The summed E-state index contributed by atoms with van der Waals surface area (Å²) in [4.78, 5) is 10.9. The van der Waals surface area contributed by atoms with Gasteiger partial charge in [-0.15, -0.1) is 0 Å². The number of fused-ring (bicyclic) bond motifs is 1. The van der Waals surface area contributed by atoms with Crippen LogP contribution in [0.4, 0.5) is 5.69 Å². The number of nitrogens with one attached hydrogen (secondary N) is 1. The van der Waals surface area contributed by atoms with Gasteiger partial charge < -0.3 is 10.1 Å². The zero-order valence-corrected chi connectivity index (χ0v) is 9.04. The van der Waals surface area contributed by atoms with Crippen molar-refractivity contribution in [3.05, 3.63) is 23.8 Å². The normalized spacial score (nSPS) is 18.9. The Balaban J connectivity index is 2.23. The van der Waals surface area contributed by atoms with E-state index in [4.69, 9.17) is 4.74 Å². The summed E-state index contributed by atoms with van der Waals surface area (Å²) >= 11 is 0. The van der Waals surface area contributed by atoms with E-state index in [1.165, 1.54) is 12.5 Å². The highest BCUT2D eigenvalue weighted by Gasteiger charge is 2.16. The highest BCUT2D eigenvalue weighted by Crippen LogP contribution is 2.29. The van der Waals surface area contributed by atoms with E-state index in [1.807, 2.05) is 18.2 Å². The SMILES string of the molecule is CC(=O)Nc1ccc2c(c1)CC[C@@H](C)O2. The molecule has 0 radical (unpaired) electrons. The molecule has 15 heavy (non-hydrogen) atoms. The van der Waals surface area contributed by atoms with Crippen molar-refractivity contribution in [1.82, 2.24) is 0 Å². The highest BCUT2D eigenvalue weighted by atomic mass is 16.5. The Labute approximate surface area is 89.4 Å². The first-order valence-corrected chi connectivity index (χ1v) is 5.22. The van der Waals surface area contributed by atoms with E-state index in [1.54, 1.807) is 0 Å². The molecule has 1 N–H and O–H groups in total. The van der Waals surface area contributed by atoms with E-state index < -0.39 is 0 Å². The average Bonchev–Trinajstić information content (AvgIpc) is 2.17. The van der Waals surface area contributed by atoms with Gasteiger partial charge in [0.05, 0.1) is 6.10 Å². The van der Waals surface area contributed by atoms with Gasteiger partial charge in [0.25, 0.3) is 0 Å². The van der Waals surface area contributed by atoms with Crippen LogP contribution in [0.25, 0.3) is 0 Å². The molecular formula is C12H15NO2. The molecule has 0 saturated heterocycles. The molecule has 0 bridgehead atoms. The summed E-state index contributed by atoms with van der Waals surface area (Å²) < 4.78 is 5.68. The van der Waals surface area contributed by atoms with Crippen LogP contribution in [-0.4, -0.2) is 12.0 Å². The molecule has 1 aromatic rings. The van der Waals surface area contributed by atoms with Gasteiger partial charge in [0.1, 0.15) is 5.75 Å². The van der Waals surface area contributed by atoms with E-state index in [0.29, 0.717) is 6.10 Å². The van der Waals surface area contributed by atoms with Crippen LogP contribution >= 0.6 is 0 Å². The lowest BCUT2D eigenvalue weighted by Gasteiger charge is -2.23. The number of anilines is 1. The summed E-state index contributed by atoms with van der Waals surface area (Å²) in [7, 11) is 0. The minimum absolute atomic E-state index is 0.0416. The average molecular weight is 205 g/mol. The van der Waals surface area contributed by atoms with Crippen LogP contribution in [-0.2, 0) is 11.2 Å². The van der Waals surface area contributed by atoms with Gasteiger partial charge in [-0.3, -0.25) is 4.79 Å². The third kappa shape index (κ3) is 2.29. The molecule has 2 rings (SSSR count). The Hall–Kier alpha value is -1.51. The van der Waals surface area contributed by atoms with Crippen LogP contribution in [0.5, 0.6) is 5.75 Å². The highest BCUT2D eigenvalue weighted by molar-refractivity contribution is 5.88. The van der Waals surface area contributed by atoms with Crippen molar-refractivity contribution < 1.29 is 9.53 Å². The fraction of sp³-hybridized carbons (Fsp3) is 0.417. The Morgan fingerprint density at radius 1 is 1.53 bits per heavy atom. The topological polar surface area (TPSA) is 38.3 Å². The maximum atomic E-state index is 10.9. The van der Waals surface area contributed by atoms with Gasteiger partial charge in [0.15, 0.2) is 0 Å². The standard InChI is InChI=1S/C12H15NO2/c1-8-3-4-10-7-11(13-9(2)14)5-6-12(10)15-8/h5-8H,3-4H2,1-2H3,(H,13,14)/t8-/m1/s1. The first-order chi connectivity index (χ1) is 7.15. The third-order valence-electron chi connectivity index (χ3n) is 2.53. The molecule has 1 atom stereocenters. The van der Waals surface area contributed by atoms with E-state index in [2.05, 4.69) is 12.2 Å². The third-order valence-corrected chi connectivity index (χ3v) is 2.53. The summed E-state index contributed by atoms with van der Waals surface area (Å²) in [5.74, 6) is 0.905. The van der Waals surface area contributed by atoms with E-state index in [-0.39, 0.29) is 5.91 Å². The molecule has 80 valence electrons. The quantitative estimate of drug-likeness (QED) is 0.764. The van der Waals surface area contributed by atoms with E-state index >= 15 is 0 Å². The van der Waals surface area contributed by atoms with Crippen molar-refractivity contribution in [2.24, 2.45) is 0 Å². The second kappa shape index (κ2) is 3.93. The molecule has 0 unspecified atom stereocenters. The molecule has 1 aliphatic rings. The number of aryl methyl sites for hydroxylation is 1. The first-order valence-electron chi connectivity index (χ1n) is 5.22. The number of rotatable bonds is 1. The van der Waals surface area contributed by atoms with E-state index in [9.17, 15) is 4.79 Å². The fourth-order valence-electron chi connectivity index (χ4n) is 1.81. The van der Waals surface area contributed by atoms with Crippen molar-refractivity contribution >= 4 is 11.6 Å². The number of carbonyl (C=O) groups is 1. The first kappa shape index (κ1) is 10.0. The Bertz CT molecular complexity index is 387. The molecular weight excluding hydrogens is 190 g/mol. The lowest BCUT2D eigenvalue weighted by molar-refractivity contribution is -0.114. The van der Waals surface area contributed by atoms with Gasteiger partial charge in [-0.25, -0.2) is 0 Å². The number of ether oxygens (including phenoxy) is 1.